The van der Waals surface area contributed by atoms with Crippen LogP contribution in [-0.2, 0) is 5.41 Å². The molecule has 1 spiro atoms. The summed E-state index contributed by atoms with van der Waals surface area (Å²) in [4.78, 5) is 29.3. The standard InChI is InChI=1S/C21H21N5O/c1-12(2)15-4-3-13(10-23-15)19-22-8-5-16(26-19)17-9-14-18(25-17)21(6-7-21)11-24-20(14)27/h3-5,8-10,12,25H,6-7,11H2,1-2H3,(H,24,27). The number of nitrogens with zero attached hydrogens (tertiary/aromatic N) is 3. The minimum Gasteiger partial charge on any atom is -0.356 e. The van der Waals surface area contributed by atoms with Crippen molar-refractivity contribution < 1.29 is 4.79 Å². The first-order chi connectivity index (χ1) is 13.1. The molecule has 3 aromatic heterocycles. The zero-order valence-electron chi connectivity index (χ0n) is 15.4. The lowest BCUT2D eigenvalue weighted by molar-refractivity contribution is 0.0937. The first kappa shape index (κ1) is 16.2. The van der Waals surface area contributed by atoms with E-state index in [9.17, 15) is 4.79 Å². The van der Waals surface area contributed by atoms with Gasteiger partial charge in [0, 0.05) is 41.3 Å². The molecule has 0 atom stereocenters. The van der Waals surface area contributed by atoms with Crippen LogP contribution < -0.4 is 5.32 Å². The molecule has 1 fully saturated rings. The number of pyridine rings is 1. The van der Waals surface area contributed by atoms with Crippen molar-refractivity contribution in [3.63, 3.8) is 0 Å². The van der Waals surface area contributed by atoms with Crippen LogP contribution in [0.5, 0.6) is 0 Å². The number of fused-ring (bicyclic) bond motifs is 2. The highest BCUT2D eigenvalue weighted by molar-refractivity contribution is 5.98. The van der Waals surface area contributed by atoms with Crippen LogP contribution in [0.3, 0.4) is 0 Å². The molecule has 0 bridgehead atoms. The molecule has 6 nitrogen and oxygen atoms in total. The number of rotatable bonds is 3. The number of nitrogens with one attached hydrogen (secondary N) is 2. The van der Waals surface area contributed by atoms with Gasteiger partial charge in [-0.2, -0.15) is 0 Å². The molecule has 27 heavy (non-hydrogen) atoms. The van der Waals surface area contributed by atoms with Gasteiger partial charge in [-0.25, -0.2) is 9.97 Å². The Balaban J connectivity index is 1.52. The maximum Gasteiger partial charge on any atom is 0.253 e. The molecule has 0 saturated heterocycles. The van der Waals surface area contributed by atoms with E-state index in [1.165, 1.54) is 0 Å². The molecule has 4 heterocycles. The smallest absolute Gasteiger partial charge is 0.253 e. The van der Waals surface area contributed by atoms with E-state index in [2.05, 4.69) is 34.1 Å². The second-order valence-corrected chi connectivity index (χ2v) is 7.83. The van der Waals surface area contributed by atoms with E-state index in [0.29, 0.717) is 11.7 Å². The van der Waals surface area contributed by atoms with E-state index in [-0.39, 0.29) is 11.3 Å². The molecule has 1 aliphatic heterocycles. The quantitative estimate of drug-likeness (QED) is 0.750. The van der Waals surface area contributed by atoms with Crippen molar-refractivity contribution in [2.75, 3.05) is 6.54 Å². The summed E-state index contributed by atoms with van der Waals surface area (Å²) in [6.45, 7) is 4.96. The van der Waals surface area contributed by atoms with E-state index in [1.54, 1.807) is 6.20 Å². The normalized spacial score (nSPS) is 17.1. The maximum atomic E-state index is 12.2. The summed E-state index contributed by atoms with van der Waals surface area (Å²) < 4.78 is 0. The molecule has 1 aliphatic carbocycles. The topological polar surface area (TPSA) is 83.6 Å². The first-order valence-electron chi connectivity index (χ1n) is 9.37. The molecule has 2 aliphatic rings. The van der Waals surface area contributed by atoms with Gasteiger partial charge in [0.2, 0.25) is 0 Å². The number of aromatic amines is 1. The van der Waals surface area contributed by atoms with Crippen molar-refractivity contribution in [1.82, 2.24) is 25.3 Å². The SMILES string of the molecule is CC(C)c1ccc(-c2nccc(-c3cc4c([nH]3)C3(CC3)CNC4=O)n2)cn1. The van der Waals surface area contributed by atoms with Gasteiger partial charge in [0.15, 0.2) is 5.82 Å². The molecule has 0 aromatic carbocycles. The van der Waals surface area contributed by atoms with E-state index in [0.717, 1.165) is 53.3 Å². The van der Waals surface area contributed by atoms with Crippen molar-refractivity contribution in [1.29, 1.82) is 0 Å². The molecule has 1 saturated carbocycles. The predicted octanol–water partition coefficient (Wildman–Crippen LogP) is 3.43. The molecule has 6 heteroatoms. The second-order valence-electron chi connectivity index (χ2n) is 7.83. The van der Waals surface area contributed by atoms with Gasteiger partial charge in [-0.3, -0.25) is 9.78 Å². The molecule has 2 N–H and O–H groups in total. The number of aromatic nitrogens is 4. The van der Waals surface area contributed by atoms with E-state index in [1.807, 2.05) is 30.5 Å². The largest absolute Gasteiger partial charge is 0.356 e. The Morgan fingerprint density at radius 2 is 2.00 bits per heavy atom. The molecular weight excluding hydrogens is 338 g/mol. The fraction of sp³-hybridized carbons (Fsp3) is 0.333. The van der Waals surface area contributed by atoms with Crippen molar-refractivity contribution in [2.24, 2.45) is 0 Å². The fourth-order valence-electron chi connectivity index (χ4n) is 3.73. The Labute approximate surface area is 157 Å². The summed E-state index contributed by atoms with van der Waals surface area (Å²) in [5, 5.41) is 3.01. The van der Waals surface area contributed by atoms with Crippen molar-refractivity contribution in [3.8, 4) is 22.8 Å². The Bertz CT molecular complexity index is 1030. The van der Waals surface area contributed by atoms with Crippen LogP contribution in [0.25, 0.3) is 22.8 Å². The molecule has 136 valence electrons. The number of H-pyrrole nitrogens is 1. The van der Waals surface area contributed by atoms with Crippen LogP contribution in [0.15, 0.2) is 36.7 Å². The van der Waals surface area contributed by atoms with Crippen LogP contribution in [0.4, 0.5) is 0 Å². The molecule has 3 aromatic rings. The van der Waals surface area contributed by atoms with E-state index < -0.39 is 0 Å². The van der Waals surface area contributed by atoms with E-state index >= 15 is 0 Å². The van der Waals surface area contributed by atoms with Crippen molar-refractivity contribution >= 4 is 5.91 Å². The minimum atomic E-state index is -0.00669. The Morgan fingerprint density at radius 1 is 1.15 bits per heavy atom. The van der Waals surface area contributed by atoms with Crippen LogP contribution in [0.2, 0.25) is 0 Å². The fourth-order valence-corrected chi connectivity index (χ4v) is 3.73. The Kier molecular flexibility index (Phi) is 3.44. The number of carbonyl (C=O) groups is 1. The zero-order valence-corrected chi connectivity index (χ0v) is 15.4. The highest BCUT2D eigenvalue weighted by Gasteiger charge is 2.50. The lowest BCUT2D eigenvalue weighted by Crippen LogP contribution is -2.38. The van der Waals surface area contributed by atoms with Gasteiger partial charge in [0.1, 0.15) is 0 Å². The highest BCUT2D eigenvalue weighted by Crippen LogP contribution is 2.50. The maximum absolute atomic E-state index is 12.2. The second kappa shape index (κ2) is 5.74. The van der Waals surface area contributed by atoms with Crippen molar-refractivity contribution in [2.45, 2.75) is 38.0 Å². The average Bonchev–Trinajstić information content (AvgIpc) is 3.32. The third kappa shape index (κ3) is 2.63. The van der Waals surface area contributed by atoms with Crippen LogP contribution in [0, 0.1) is 0 Å². The van der Waals surface area contributed by atoms with Crippen molar-refractivity contribution in [3.05, 3.63) is 53.6 Å². The van der Waals surface area contributed by atoms with Gasteiger partial charge in [0.05, 0.1) is 17.0 Å². The summed E-state index contributed by atoms with van der Waals surface area (Å²) >= 11 is 0. The summed E-state index contributed by atoms with van der Waals surface area (Å²) in [6, 6.07) is 7.81. The Hall–Kier alpha value is -3.02. The monoisotopic (exact) mass is 359 g/mol. The molecule has 1 amide bonds. The van der Waals surface area contributed by atoms with Gasteiger partial charge in [0.25, 0.3) is 5.91 Å². The third-order valence-electron chi connectivity index (χ3n) is 5.60. The predicted molar refractivity (Wildman–Crippen MR) is 102 cm³/mol. The number of carbonyl (C=O) groups excluding carboxylic acids is 1. The summed E-state index contributed by atoms with van der Waals surface area (Å²) in [6.07, 6.45) is 5.80. The molecule has 0 unspecified atom stereocenters. The third-order valence-corrected chi connectivity index (χ3v) is 5.60. The lowest BCUT2D eigenvalue weighted by Gasteiger charge is -2.21. The number of hydrogen-bond acceptors (Lipinski definition) is 4. The number of hydrogen-bond donors (Lipinski definition) is 2. The first-order valence-corrected chi connectivity index (χ1v) is 9.37. The minimum absolute atomic E-state index is 0.00669. The molecule has 0 radical (unpaired) electrons. The van der Waals surface area contributed by atoms with Gasteiger partial charge in [-0.05, 0) is 43.0 Å². The zero-order chi connectivity index (χ0) is 18.6. The Morgan fingerprint density at radius 3 is 2.70 bits per heavy atom. The van der Waals surface area contributed by atoms with Gasteiger partial charge in [-0.15, -0.1) is 0 Å². The summed E-state index contributed by atoms with van der Waals surface area (Å²) in [7, 11) is 0. The number of amides is 1. The van der Waals surface area contributed by atoms with Gasteiger partial charge < -0.3 is 10.3 Å². The van der Waals surface area contributed by atoms with Gasteiger partial charge >= 0.3 is 0 Å². The highest BCUT2D eigenvalue weighted by atomic mass is 16.1. The average molecular weight is 359 g/mol. The summed E-state index contributed by atoms with van der Waals surface area (Å²) in [5.74, 6) is 1.01. The van der Waals surface area contributed by atoms with E-state index in [4.69, 9.17) is 4.98 Å². The van der Waals surface area contributed by atoms with Crippen LogP contribution >= 0.6 is 0 Å². The van der Waals surface area contributed by atoms with Crippen LogP contribution in [-0.4, -0.2) is 32.4 Å². The molecular formula is C21H21N5O. The lowest BCUT2D eigenvalue weighted by atomic mass is 9.95. The van der Waals surface area contributed by atoms with Gasteiger partial charge in [-0.1, -0.05) is 13.8 Å². The molecule has 5 rings (SSSR count). The van der Waals surface area contributed by atoms with Crippen LogP contribution in [0.1, 0.15) is 54.4 Å². The summed E-state index contributed by atoms with van der Waals surface area (Å²) in [5.41, 5.74) is 5.49.